The Hall–Kier alpha value is -3.32. The van der Waals surface area contributed by atoms with Gasteiger partial charge in [0, 0.05) is 18.8 Å². The maximum atomic E-state index is 12.5. The number of alkyl halides is 3. The zero-order valence-corrected chi connectivity index (χ0v) is 18.1. The summed E-state index contributed by atoms with van der Waals surface area (Å²) in [5.41, 5.74) is 1.77. The van der Waals surface area contributed by atoms with Gasteiger partial charge in [0.1, 0.15) is 0 Å². The molecular formula is C20H21F3N2O7S. The van der Waals surface area contributed by atoms with E-state index >= 15 is 0 Å². The van der Waals surface area contributed by atoms with Gasteiger partial charge in [0.2, 0.25) is 0 Å². The molecule has 1 heterocycles. The molecule has 2 aromatic carbocycles. The molecule has 1 saturated heterocycles. The molecule has 33 heavy (non-hydrogen) atoms. The molecule has 0 atom stereocenters. The predicted octanol–water partition coefficient (Wildman–Crippen LogP) is 2.96. The van der Waals surface area contributed by atoms with Crippen LogP contribution in [0.4, 0.5) is 24.5 Å². The third-order valence-corrected chi connectivity index (χ3v) is 5.80. The van der Waals surface area contributed by atoms with E-state index < -0.39 is 28.1 Å². The normalized spacial score (nSPS) is 14.1. The number of benzene rings is 2. The van der Waals surface area contributed by atoms with E-state index in [1.165, 1.54) is 18.2 Å². The molecule has 1 aliphatic heterocycles. The van der Waals surface area contributed by atoms with Crippen LogP contribution in [-0.2, 0) is 19.6 Å². The number of carbonyl (C=O) groups is 2. The second-order valence-corrected chi connectivity index (χ2v) is 8.54. The van der Waals surface area contributed by atoms with Crippen LogP contribution in [0.2, 0.25) is 0 Å². The van der Waals surface area contributed by atoms with Crippen LogP contribution in [0.5, 0.6) is 0 Å². The Morgan fingerprint density at radius 1 is 1.03 bits per heavy atom. The highest BCUT2D eigenvalue weighted by Crippen LogP contribution is 2.27. The van der Waals surface area contributed by atoms with Gasteiger partial charge in [-0.15, -0.1) is 0 Å². The van der Waals surface area contributed by atoms with Crippen LogP contribution in [0.3, 0.4) is 0 Å². The highest BCUT2D eigenvalue weighted by molar-refractivity contribution is 7.92. The van der Waals surface area contributed by atoms with Crippen LogP contribution in [0.1, 0.15) is 15.9 Å². The first-order chi connectivity index (χ1) is 15.3. The summed E-state index contributed by atoms with van der Waals surface area (Å²) in [5, 5.41) is 16.7. The fraction of sp³-hybridized carbons (Fsp3) is 0.300. The van der Waals surface area contributed by atoms with Crippen molar-refractivity contribution in [2.24, 2.45) is 0 Å². The number of halogens is 3. The first-order valence-corrected chi connectivity index (χ1v) is 10.9. The molecule has 1 fully saturated rings. The number of ether oxygens (including phenoxy) is 1. The number of hydrogen-bond donors (Lipinski definition) is 3. The average molecular weight is 490 g/mol. The summed E-state index contributed by atoms with van der Waals surface area (Å²) in [4.78, 5) is 22.6. The Labute approximate surface area is 187 Å². The van der Waals surface area contributed by atoms with Gasteiger partial charge >= 0.3 is 18.1 Å². The number of aryl methyl sites for hydroxylation is 1. The van der Waals surface area contributed by atoms with Crippen LogP contribution in [0.15, 0.2) is 47.4 Å². The Morgan fingerprint density at radius 2 is 1.58 bits per heavy atom. The molecule has 0 amide bonds. The van der Waals surface area contributed by atoms with Gasteiger partial charge in [-0.25, -0.2) is 18.0 Å². The summed E-state index contributed by atoms with van der Waals surface area (Å²) in [5.74, 6) is -3.87. The van der Waals surface area contributed by atoms with E-state index in [4.69, 9.17) is 14.6 Å². The van der Waals surface area contributed by atoms with E-state index in [0.717, 1.165) is 5.56 Å². The van der Waals surface area contributed by atoms with Crippen LogP contribution >= 0.6 is 0 Å². The van der Waals surface area contributed by atoms with Crippen molar-refractivity contribution in [2.45, 2.75) is 18.0 Å². The number of aliphatic carboxylic acids is 1. The van der Waals surface area contributed by atoms with Gasteiger partial charge in [0.05, 0.1) is 29.4 Å². The smallest absolute Gasteiger partial charge is 0.478 e. The summed E-state index contributed by atoms with van der Waals surface area (Å²) in [6.07, 6.45) is -5.08. The third kappa shape index (κ3) is 7.36. The lowest BCUT2D eigenvalue weighted by molar-refractivity contribution is -0.192. The molecule has 0 bridgehead atoms. The summed E-state index contributed by atoms with van der Waals surface area (Å²) >= 11 is 0. The average Bonchev–Trinajstić information content (AvgIpc) is 2.74. The van der Waals surface area contributed by atoms with Crippen molar-refractivity contribution in [1.29, 1.82) is 0 Å². The Balaban J connectivity index is 0.000000479. The van der Waals surface area contributed by atoms with Gasteiger partial charge in [-0.2, -0.15) is 13.2 Å². The van der Waals surface area contributed by atoms with Gasteiger partial charge in [0.25, 0.3) is 10.0 Å². The number of nitrogens with zero attached hydrogens (tertiary/aromatic N) is 1. The molecule has 13 heteroatoms. The lowest BCUT2D eigenvalue weighted by Gasteiger charge is -2.30. The number of hydrogen-bond acceptors (Lipinski definition) is 6. The molecule has 3 N–H and O–H groups in total. The third-order valence-electron chi connectivity index (χ3n) is 4.40. The summed E-state index contributed by atoms with van der Waals surface area (Å²) in [6, 6.07) is 11.0. The fourth-order valence-corrected chi connectivity index (χ4v) is 3.83. The minimum absolute atomic E-state index is 0.0519. The predicted molar refractivity (Wildman–Crippen MR) is 112 cm³/mol. The monoisotopic (exact) mass is 490 g/mol. The second kappa shape index (κ2) is 10.5. The van der Waals surface area contributed by atoms with Gasteiger partial charge in [-0.1, -0.05) is 17.7 Å². The van der Waals surface area contributed by atoms with E-state index in [2.05, 4.69) is 4.72 Å². The minimum Gasteiger partial charge on any atom is -0.478 e. The Bertz CT molecular complexity index is 1100. The molecular weight excluding hydrogens is 469 g/mol. The molecule has 0 aliphatic carbocycles. The van der Waals surface area contributed by atoms with Crippen molar-refractivity contribution in [3.05, 3.63) is 53.6 Å². The standard InChI is InChI=1S/C18H20N2O5S.C2HF3O2/c1-13-2-5-15(6-3-13)26(23,24)19-14-4-7-17(16(12-14)18(21)22)20-8-10-25-11-9-20;3-2(4,5)1(6)7/h2-7,12,19H,8-11H2,1H3,(H,21,22);(H,6,7). The SMILES string of the molecule is Cc1ccc(S(=O)(=O)Nc2ccc(N3CCOCC3)c(C(=O)O)c2)cc1.O=C(O)C(F)(F)F. The zero-order valence-electron chi connectivity index (χ0n) is 17.3. The Kier molecular flexibility index (Phi) is 8.28. The van der Waals surface area contributed by atoms with Crippen molar-refractivity contribution in [3.63, 3.8) is 0 Å². The van der Waals surface area contributed by atoms with E-state index in [1.807, 2.05) is 11.8 Å². The second-order valence-electron chi connectivity index (χ2n) is 6.86. The van der Waals surface area contributed by atoms with Gasteiger partial charge in [-0.3, -0.25) is 4.72 Å². The van der Waals surface area contributed by atoms with Crippen molar-refractivity contribution in [3.8, 4) is 0 Å². The molecule has 3 rings (SSSR count). The summed E-state index contributed by atoms with van der Waals surface area (Å²) < 4.78 is 64.5. The molecule has 2 aromatic rings. The van der Waals surface area contributed by atoms with Crippen LogP contribution in [-0.4, -0.2) is 63.0 Å². The van der Waals surface area contributed by atoms with Crippen LogP contribution in [0, 0.1) is 6.92 Å². The summed E-state index contributed by atoms with van der Waals surface area (Å²) in [6.45, 7) is 4.11. The first kappa shape index (κ1) is 25.9. The molecule has 9 nitrogen and oxygen atoms in total. The van der Waals surface area contributed by atoms with Crippen LogP contribution < -0.4 is 9.62 Å². The number of carboxylic acids is 2. The number of nitrogens with one attached hydrogen (secondary N) is 1. The molecule has 180 valence electrons. The minimum atomic E-state index is -5.08. The number of rotatable bonds is 5. The largest absolute Gasteiger partial charge is 0.490 e. The first-order valence-electron chi connectivity index (χ1n) is 9.41. The van der Waals surface area contributed by atoms with Crippen molar-refractivity contribution in [1.82, 2.24) is 0 Å². The van der Waals surface area contributed by atoms with E-state index in [1.54, 1.807) is 24.3 Å². The van der Waals surface area contributed by atoms with Crippen molar-refractivity contribution in [2.75, 3.05) is 35.9 Å². The van der Waals surface area contributed by atoms with Gasteiger partial charge in [0.15, 0.2) is 0 Å². The van der Waals surface area contributed by atoms with Gasteiger partial charge < -0.3 is 19.8 Å². The fourth-order valence-electron chi connectivity index (χ4n) is 2.78. The molecule has 0 saturated carbocycles. The van der Waals surface area contributed by atoms with E-state index in [9.17, 15) is 31.5 Å². The quantitative estimate of drug-likeness (QED) is 0.583. The molecule has 0 unspecified atom stereocenters. The topological polar surface area (TPSA) is 133 Å². The lowest BCUT2D eigenvalue weighted by atomic mass is 10.1. The molecule has 0 spiro atoms. The van der Waals surface area contributed by atoms with E-state index in [-0.39, 0.29) is 16.1 Å². The summed E-state index contributed by atoms with van der Waals surface area (Å²) in [7, 11) is -3.79. The number of morpholine rings is 1. The molecule has 0 radical (unpaired) electrons. The van der Waals surface area contributed by atoms with Gasteiger partial charge in [-0.05, 0) is 37.3 Å². The molecule has 0 aromatic heterocycles. The Morgan fingerprint density at radius 3 is 2.06 bits per heavy atom. The number of carboxylic acid groups (broad SMARTS) is 2. The van der Waals surface area contributed by atoms with Crippen LogP contribution in [0.25, 0.3) is 0 Å². The highest BCUT2D eigenvalue weighted by atomic mass is 32.2. The zero-order chi connectivity index (χ0) is 24.8. The highest BCUT2D eigenvalue weighted by Gasteiger charge is 2.38. The van der Waals surface area contributed by atoms with E-state index in [0.29, 0.717) is 32.0 Å². The van der Waals surface area contributed by atoms with Crippen molar-refractivity contribution < 1.29 is 46.1 Å². The number of aromatic carboxylic acids is 1. The number of sulfonamides is 1. The lowest BCUT2D eigenvalue weighted by Crippen LogP contribution is -2.37. The van der Waals surface area contributed by atoms with Crippen molar-refractivity contribution >= 4 is 33.3 Å². The molecule has 1 aliphatic rings. The maximum absolute atomic E-state index is 12.5. The maximum Gasteiger partial charge on any atom is 0.490 e. The number of anilines is 2.